The van der Waals surface area contributed by atoms with Gasteiger partial charge in [0.15, 0.2) is 5.11 Å². The second-order valence-electron chi connectivity index (χ2n) is 8.15. The van der Waals surface area contributed by atoms with Crippen molar-refractivity contribution in [3.8, 4) is 23.0 Å². The maximum atomic E-state index is 13.4. The van der Waals surface area contributed by atoms with Crippen LogP contribution in [0.1, 0.15) is 5.56 Å². The summed E-state index contributed by atoms with van der Waals surface area (Å²) in [7, 11) is 0. The standard InChI is InChI=1S/C29H18Cl2N2O4S/c30-19-15-20(31)17-25(16-19)37-24-8-4-5-18(13-24)14-26-27(34)32-29(38)33(28(26)35)21-9-11-23(12-10-21)36-22-6-2-1-3-7-22/h1-17H,(H,32,34,38). The van der Waals surface area contributed by atoms with Crippen molar-refractivity contribution in [1.29, 1.82) is 0 Å². The normalized spacial score (nSPS) is 14.4. The van der Waals surface area contributed by atoms with E-state index in [0.29, 0.717) is 44.3 Å². The Balaban J connectivity index is 1.38. The van der Waals surface area contributed by atoms with Crippen LogP contribution in [0.5, 0.6) is 23.0 Å². The monoisotopic (exact) mass is 560 g/mol. The number of nitrogens with one attached hydrogen (secondary N) is 1. The van der Waals surface area contributed by atoms with Gasteiger partial charge in [0.1, 0.15) is 28.6 Å². The number of benzene rings is 4. The maximum absolute atomic E-state index is 13.4. The third-order valence-corrected chi connectivity index (χ3v) is 6.14. The predicted molar refractivity (Wildman–Crippen MR) is 152 cm³/mol. The highest BCUT2D eigenvalue weighted by Gasteiger charge is 2.34. The molecule has 1 saturated heterocycles. The number of halogens is 2. The van der Waals surface area contributed by atoms with E-state index in [1.165, 1.54) is 11.0 Å². The van der Waals surface area contributed by atoms with E-state index in [1.54, 1.807) is 66.7 Å². The number of carbonyl (C=O) groups excluding carboxylic acids is 2. The molecule has 2 amide bonds. The summed E-state index contributed by atoms with van der Waals surface area (Å²) < 4.78 is 11.7. The Kier molecular flexibility index (Phi) is 7.42. The van der Waals surface area contributed by atoms with Gasteiger partial charge in [-0.05, 0) is 90.6 Å². The van der Waals surface area contributed by atoms with Crippen LogP contribution in [-0.4, -0.2) is 16.9 Å². The van der Waals surface area contributed by atoms with Crippen LogP contribution in [0.2, 0.25) is 10.0 Å². The van der Waals surface area contributed by atoms with Crippen molar-refractivity contribution in [3.63, 3.8) is 0 Å². The molecule has 6 nitrogen and oxygen atoms in total. The van der Waals surface area contributed by atoms with Gasteiger partial charge < -0.3 is 9.47 Å². The van der Waals surface area contributed by atoms with Gasteiger partial charge in [0.2, 0.25) is 0 Å². The Morgan fingerprint density at radius 3 is 2.05 bits per heavy atom. The fraction of sp³-hybridized carbons (Fsp3) is 0. The second-order valence-corrected chi connectivity index (χ2v) is 9.41. The molecule has 0 radical (unpaired) electrons. The number of amides is 2. The lowest BCUT2D eigenvalue weighted by Crippen LogP contribution is -2.54. The zero-order chi connectivity index (χ0) is 26.6. The summed E-state index contributed by atoms with van der Waals surface area (Å²) in [6.45, 7) is 0. The molecule has 0 aliphatic carbocycles. The van der Waals surface area contributed by atoms with Crippen molar-refractivity contribution in [2.75, 3.05) is 4.90 Å². The van der Waals surface area contributed by atoms with E-state index in [-0.39, 0.29) is 10.7 Å². The van der Waals surface area contributed by atoms with Crippen LogP contribution in [0, 0.1) is 0 Å². The molecule has 0 spiro atoms. The number of para-hydroxylation sites is 1. The summed E-state index contributed by atoms with van der Waals surface area (Å²) in [4.78, 5) is 27.4. The lowest BCUT2D eigenvalue weighted by Gasteiger charge is -2.29. The molecule has 0 atom stereocenters. The topological polar surface area (TPSA) is 67.9 Å². The van der Waals surface area contributed by atoms with Crippen molar-refractivity contribution in [3.05, 3.63) is 118 Å². The zero-order valence-electron chi connectivity index (χ0n) is 19.6. The molecule has 4 aromatic rings. The molecule has 1 aliphatic rings. The highest BCUT2D eigenvalue weighted by atomic mass is 35.5. The molecular weight excluding hydrogens is 543 g/mol. The summed E-state index contributed by atoms with van der Waals surface area (Å²) in [6.07, 6.45) is 1.48. The third-order valence-electron chi connectivity index (χ3n) is 5.42. The Labute approximate surface area is 234 Å². The van der Waals surface area contributed by atoms with E-state index < -0.39 is 11.8 Å². The van der Waals surface area contributed by atoms with Gasteiger partial charge in [-0.25, -0.2) is 0 Å². The minimum atomic E-state index is -0.590. The van der Waals surface area contributed by atoms with E-state index in [0.717, 1.165) is 0 Å². The molecule has 0 aromatic heterocycles. The first-order chi connectivity index (χ1) is 18.4. The highest BCUT2D eigenvalue weighted by molar-refractivity contribution is 7.80. The van der Waals surface area contributed by atoms with Gasteiger partial charge in [-0.15, -0.1) is 0 Å². The number of thiocarbonyl (C=S) groups is 1. The summed E-state index contributed by atoms with van der Waals surface area (Å²) in [5.74, 6) is 1.06. The number of ether oxygens (including phenoxy) is 2. The molecule has 38 heavy (non-hydrogen) atoms. The summed E-state index contributed by atoms with van der Waals surface area (Å²) in [6, 6.07) is 28.0. The van der Waals surface area contributed by atoms with E-state index in [9.17, 15) is 9.59 Å². The highest BCUT2D eigenvalue weighted by Crippen LogP contribution is 2.30. The average molecular weight is 561 g/mol. The van der Waals surface area contributed by atoms with Gasteiger partial charge in [0, 0.05) is 10.0 Å². The minimum absolute atomic E-state index is 0.0104. The van der Waals surface area contributed by atoms with Gasteiger partial charge >= 0.3 is 0 Å². The van der Waals surface area contributed by atoms with Crippen molar-refractivity contribution in [1.82, 2.24) is 5.32 Å². The largest absolute Gasteiger partial charge is 0.457 e. The number of hydrogen-bond acceptors (Lipinski definition) is 5. The first-order valence-corrected chi connectivity index (χ1v) is 12.5. The average Bonchev–Trinajstić information content (AvgIpc) is 2.88. The van der Waals surface area contributed by atoms with Crippen molar-refractivity contribution < 1.29 is 19.1 Å². The molecule has 9 heteroatoms. The zero-order valence-corrected chi connectivity index (χ0v) is 21.9. The first kappa shape index (κ1) is 25.5. The van der Waals surface area contributed by atoms with Crippen molar-refractivity contribution in [2.45, 2.75) is 0 Å². The molecule has 1 aliphatic heterocycles. The Hall–Kier alpha value is -4.17. The van der Waals surface area contributed by atoms with Gasteiger partial charge in [0.25, 0.3) is 11.8 Å². The number of anilines is 1. The van der Waals surface area contributed by atoms with E-state index >= 15 is 0 Å². The van der Waals surface area contributed by atoms with Crippen molar-refractivity contribution >= 4 is 64.1 Å². The molecule has 188 valence electrons. The molecule has 4 aromatic carbocycles. The third kappa shape index (κ3) is 5.86. The quantitative estimate of drug-likeness (QED) is 0.151. The van der Waals surface area contributed by atoms with Gasteiger partial charge in [-0.1, -0.05) is 53.5 Å². The molecule has 5 rings (SSSR count). The van der Waals surface area contributed by atoms with E-state index in [2.05, 4.69) is 5.32 Å². The SMILES string of the molecule is O=C1NC(=S)N(c2ccc(Oc3ccccc3)cc2)C(=O)C1=Cc1cccc(Oc2cc(Cl)cc(Cl)c2)c1. The van der Waals surface area contributed by atoms with Crippen molar-refractivity contribution in [2.24, 2.45) is 0 Å². The van der Waals surface area contributed by atoms with Gasteiger partial charge in [-0.2, -0.15) is 0 Å². The molecule has 1 fully saturated rings. The fourth-order valence-corrected chi connectivity index (χ4v) is 4.52. The lowest BCUT2D eigenvalue weighted by atomic mass is 10.1. The number of hydrogen-bond donors (Lipinski definition) is 1. The van der Waals surface area contributed by atoms with Crippen LogP contribution in [0.25, 0.3) is 6.08 Å². The smallest absolute Gasteiger partial charge is 0.270 e. The lowest BCUT2D eigenvalue weighted by molar-refractivity contribution is -0.122. The minimum Gasteiger partial charge on any atom is -0.457 e. The Morgan fingerprint density at radius 2 is 1.34 bits per heavy atom. The molecule has 0 bridgehead atoms. The first-order valence-electron chi connectivity index (χ1n) is 11.3. The van der Waals surface area contributed by atoms with Crippen LogP contribution >= 0.6 is 35.4 Å². The van der Waals surface area contributed by atoms with Crippen LogP contribution in [0.4, 0.5) is 5.69 Å². The molecule has 1 heterocycles. The summed E-state index contributed by atoms with van der Waals surface area (Å²) in [5, 5.41) is 3.45. The van der Waals surface area contributed by atoms with E-state index in [1.807, 2.05) is 30.3 Å². The predicted octanol–water partition coefficient (Wildman–Crippen LogP) is 7.41. The number of carbonyl (C=O) groups is 2. The number of nitrogens with zero attached hydrogens (tertiary/aromatic N) is 1. The second kappa shape index (κ2) is 11.1. The molecule has 1 N–H and O–H groups in total. The Bertz CT molecular complexity index is 1550. The number of rotatable bonds is 6. The maximum Gasteiger partial charge on any atom is 0.270 e. The molecule has 0 saturated carbocycles. The van der Waals surface area contributed by atoms with E-state index in [4.69, 9.17) is 44.9 Å². The van der Waals surface area contributed by atoms with Crippen LogP contribution < -0.4 is 19.7 Å². The summed E-state index contributed by atoms with van der Waals surface area (Å²) in [5.41, 5.74) is 0.987. The molecule has 0 unspecified atom stereocenters. The fourth-order valence-electron chi connectivity index (χ4n) is 3.74. The Morgan fingerprint density at radius 1 is 0.711 bits per heavy atom. The van der Waals surface area contributed by atoms with Crippen LogP contribution in [0.15, 0.2) is 103 Å². The van der Waals surface area contributed by atoms with Crippen LogP contribution in [-0.2, 0) is 9.59 Å². The summed E-state index contributed by atoms with van der Waals surface area (Å²) >= 11 is 17.4. The van der Waals surface area contributed by atoms with Gasteiger partial charge in [-0.3, -0.25) is 19.8 Å². The van der Waals surface area contributed by atoms with Gasteiger partial charge in [0.05, 0.1) is 5.69 Å². The molecular formula is C29H18Cl2N2O4S. The van der Waals surface area contributed by atoms with Crippen LogP contribution in [0.3, 0.4) is 0 Å².